The fourth-order valence-electron chi connectivity index (χ4n) is 1.93. The van der Waals surface area contributed by atoms with Crippen LogP contribution in [0.1, 0.15) is 23.6 Å². The maximum absolute atomic E-state index is 5.82. The zero-order chi connectivity index (χ0) is 13.5. The van der Waals surface area contributed by atoms with Crippen molar-refractivity contribution in [2.45, 2.75) is 33.7 Å². The minimum Gasteiger partial charge on any atom is -0.492 e. The molecule has 0 saturated heterocycles. The molecule has 0 aliphatic carbocycles. The van der Waals surface area contributed by atoms with Crippen molar-refractivity contribution in [2.24, 2.45) is 0 Å². The Labute approximate surface area is 110 Å². The summed E-state index contributed by atoms with van der Waals surface area (Å²) in [6.45, 7) is 10.7. The van der Waals surface area contributed by atoms with Gasteiger partial charge in [-0.15, -0.1) is 0 Å². The number of benzene rings is 1. The van der Waals surface area contributed by atoms with E-state index in [0.717, 1.165) is 18.9 Å². The van der Waals surface area contributed by atoms with Crippen LogP contribution in [-0.2, 0) is 4.74 Å². The molecule has 102 valence electrons. The van der Waals surface area contributed by atoms with Gasteiger partial charge in [-0.1, -0.05) is 6.07 Å². The van der Waals surface area contributed by atoms with E-state index in [1.807, 2.05) is 0 Å². The Bertz CT molecular complexity index is 377. The molecular weight excluding hydrogens is 226 g/mol. The molecule has 1 rings (SSSR count). The number of hydrogen-bond donors (Lipinski definition) is 1. The Hall–Kier alpha value is -1.06. The molecule has 0 fully saturated rings. The summed E-state index contributed by atoms with van der Waals surface area (Å²) in [6.07, 6.45) is 0. The molecule has 0 saturated carbocycles. The first-order valence-electron chi connectivity index (χ1n) is 6.47. The second kappa shape index (κ2) is 7.39. The van der Waals surface area contributed by atoms with Crippen LogP contribution in [0.4, 0.5) is 0 Å². The summed E-state index contributed by atoms with van der Waals surface area (Å²) < 4.78 is 10.9. The van der Waals surface area contributed by atoms with E-state index in [1.54, 1.807) is 7.11 Å². The van der Waals surface area contributed by atoms with Gasteiger partial charge in [0.05, 0.1) is 6.61 Å². The van der Waals surface area contributed by atoms with Crippen molar-refractivity contribution >= 4 is 0 Å². The molecule has 1 N–H and O–H groups in total. The molecule has 0 aliphatic rings. The lowest BCUT2D eigenvalue weighted by molar-refractivity contribution is 0.169. The third kappa shape index (κ3) is 4.67. The largest absolute Gasteiger partial charge is 0.492 e. The third-order valence-electron chi connectivity index (χ3n) is 3.03. The van der Waals surface area contributed by atoms with Crippen molar-refractivity contribution < 1.29 is 9.47 Å². The van der Waals surface area contributed by atoms with Crippen LogP contribution in [0.2, 0.25) is 0 Å². The second-order valence-electron chi connectivity index (χ2n) is 4.86. The Balaban J connectivity index is 2.40. The van der Waals surface area contributed by atoms with Crippen LogP contribution >= 0.6 is 0 Å². The molecule has 0 aliphatic heterocycles. The molecule has 3 heteroatoms. The highest BCUT2D eigenvalue weighted by molar-refractivity contribution is 5.41. The molecule has 0 radical (unpaired) electrons. The third-order valence-corrected chi connectivity index (χ3v) is 3.03. The van der Waals surface area contributed by atoms with Gasteiger partial charge >= 0.3 is 0 Å². The minimum absolute atomic E-state index is 0.360. The van der Waals surface area contributed by atoms with Gasteiger partial charge in [-0.3, -0.25) is 0 Å². The number of rotatable bonds is 7. The van der Waals surface area contributed by atoms with Crippen LogP contribution < -0.4 is 10.1 Å². The van der Waals surface area contributed by atoms with Crippen LogP contribution in [0.5, 0.6) is 5.75 Å². The van der Waals surface area contributed by atoms with Gasteiger partial charge < -0.3 is 14.8 Å². The molecule has 1 aromatic rings. The molecule has 3 nitrogen and oxygen atoms in total. The average Bonchev–Trinajstić information content (AvgIpc) is 2.31. The number of aryl methyl sites for hydroxylation is 2. The van der Waals surface area contributed by atoms with E-state index in [-0.39, 0.29) is 0 Å². The van der Waals surface area contributed by atoms with E-state index in [0.29, 0.717) is 12.6 Å². The lowest BCUT2D eigenvalue weighted by Crippen LogP contribution is -2.33. The van der Waals surface area contributed by atoms with Crippen molar-refractivity contribution in [3.8, 4) is 5.75 Å². The molecule has 0 spiro atoms. The van der Waals surface area contributed by atoms with Crippen molar-refractivity contribution in [2.75, 3.05) is 26.9 Å². The number of nitrogens with one attached hydrogen (secondary N) is 1. The number of hydrogen-bond acceptors (Lipinski definition) is 3. The normalized spacial score (nSPS) is 12.5. The molecule has 0 aromatic heterocycles. The second-order valence-corrected chi connectivity index (χ2v) is 4.86. The summed E-state index contributed by atoms with van der Waals surface area (Å²) in [6, 6.07) is 4.64. The van der Waals surface area contributed by atoms with Crippen LogP contribution in [-0.4, -0.2) is 32.9 Å². The van der Waals surface area contributed by atoms with Crippen LogP contribution in [0.25, 0.3) is 0 Å². The van der Waals surface area contributed by atoms with Gasteiger partial charge in [-0.25, -0.2) is 0 Å². The standard InChI is InChI=1S/C15H25NO2/c1-11-8-12(2)14(4)15(9-11)18-7-6-16-13(3)10-17-5/h8-9,13,16H,6-7,10H2,1-5H3. The smallest absolute Gasteiger partial charge is 0.122 e. The minimum atomic E-state index is 0.360. The first-order chi connectivity index (χ1) is 8.54. The number of methoxy groups -OCH3 is 1. The van der Waals surface area contributed by atoms with E-state index >= 15 is 0 Å². The van der Waals surface area contributed by atoms with Gasteiger partial charge in [0.1, 0.15) is 12.4 Å². The zero-order valence-electron chi connectivity index (χ0n) is 12.2. The Kier molecular flexibility index (Phi) is 6.16. The van der Waals surface area contributed by atoms with E-state index in [1.165, 1.54) is 16.7 Å². The van der Waals surface area contributed by atoms with E-state index in [4.69, 9.17) is 9.47 Å². The van der Waals surface area contributed by atoms with Crippen molar-refractivity contribution in [1.82, 2.24) is 5.32 Å². The van der Waals surface area contributed by atoms with E-state index in [2.05, 4.69) is 45.1 Å². The molecule has 0 amide bonds. The van der Waals surface area contributed by atoms with Crippen LogP contribution in [0, 0.1) is 20.8 Å². The first-order valence-corrected chi connectivity index (χ1v) is 6.47. The van der Waals surface area contributed by atoms with Crippen molar-refractivity contribution in [3.63, 3.8) is 0 Å². The van der Waals surface area contributed by atoms with Crippen molar-refractivity contribution in [3.05, 3.63) is 28.8 Å². The lowest BCUT2D eigenvalue weighted by Gasteiger charge is -2.15. The Morgan fingerprint density at radius 2 is 1.94 bits per heavy atom. The zero-order valence-corrected chi connectivity index (χ0v) is 12.2. The maximum Gasteiger partial charge on any atom is 0.122 e. The highest BCUT2D eigenvalue weighted by Gasteiger charge is 2.04. The lowest BCUT2D eigenvalue weighted by atomic mass is 10.1. The van der Waals surface area contributed by atoms with Gasteiger partial charge in [0.2, 0.25) is 0 Å². The summed E-state index contributed by atoms with van der Waals surface area (Å²) in [4.78, 5) is 0. The highest BCUT2D eigenvalue weighted by Crippen LogP contribution is 2.22. The van der Waals surface area contributed by atoms with Gasteiger partial charge in [-0.05, 0) is 50.5 Å². The summed E-state index contributed by atoms with van der Waals surface area (Å²) in [7, 11) is 1.72. The number of ether oxygens (including phenoxy) is 2. The molecule has 1 unspecified atom stereocenters. The topological polar surface area (TPSA) is 30.5 Å². The Morgan fingerprint density at radius 3 is 2.61 bits per heavy atom. The summed E-state index contributed by atoms with van der Waals surface area (Å²) in [5.41, 5.74) is 3.75. The Morgan fingerprint density at radius 1 is 1.22 bits per heavy atom. The quantitative estimate of drug-likeness (QED) is 0.756. The molecule has 1 atom stereocenters. The fraction of sp³-hybridized carbons (Fsp3) is 0.600. The molecule has 18 heavy (non-hydrogen) atoms. The summed E-state index contributed by atoms with van der Waals surface area (Å²) >= 11 is 0. The average molecular weight is 251 g/mol. The van der Waals surface area contributed by atoms with Gasteiger partial charge in [0, 0.05) is 19.7 Å². The summed E-state index contributed by atoms with van der Waals surface area (Å²) in [5.74, 6) is 0.994. The van der Waals surface area contributed by atoms with Crippen LogP contribution in [0.3, 0.4) is 0 Å². The van der Waals surface area contributed by atoms with E-state index in [9.17, 15) is 0 Å². The maximum atomic E-state index is 5.82. The molecule has 0 bridgehead atoms. The predicted molar refractivity (Wildman–Crippen MR) is 75.5 cm³/mol. The predicted octanol–water partition coefficient (Wildman–Crippen LogP) is 2.62. The highest BCUT2D eigenvalue weighted by atomic mass is 16.5. The monoisotopic (exact) mass is 251 g/mol. The van der Waals surface area contributed by atoms with Crippen LogP contribution in [0.15, 0.2) is 12.1 Å². The van der Waals surface area contributed by atoms with Gasteiger partial charge in [-0.2, -0.15) is 0 Å². The molecule has 1 aromatic carbocycles. The molecule has 0 heterocycles. The summed E-state index contributed by atoms with van der Waals surface area (Å²) in [5, 5.41) is 3.35. The van der Waals surface area contributed by atoms with Crippen molar-refractivity contribution in [1.29, 1.82) is 0 Å². The van der Waals surface area contributed by atoms with Gasteiger partial charge in [0.15, 0.2) is 0 Å². The molecular formula is C15H25NO2. The first kappa shape index (κ1) is 15.0. The fourth-order valence-corrected chi connectivity index (χ4v) is 1.93. The van der Waals surface area contributed by atoms with Gasteiger partial charge in [0.25, 0.3) is 0 Å². The SMILES string of the molecule is COCC(C)NCCOc1cc(C)cc(C)c1C. The van der Waals surface area contributed by atoms with E-state index < -0.39 is 0 Å².